The number of halogens is 2. The summed E-state index contributed by atoms with van der Waals surface area (Å²) in [4.78, 5) is 9.83. The quantitative estimate of drug-likeness (QED) is 0.520. The molecule has 0 atom stereocenters. The van der Waals surface area contributed by atoms with Crippen molar-refractivity contribution in [3.8, 4) is 17.2 Å². The highest BCUT2D eigenvalue weighted by molar-refractivity contribution is 7.89. The average molecular weight is 433 g/mol. The molecule has 2 aromatic carbocycles. The zero-order valence-corrected chi connectivity index (χ0v) is 16.0. The molecular formula is C16H14Cl2N2O6S. The van der Waals surface area contributed by atoms with Gasteiger partial charge in [-0.05, 0) is 25.0 Å². The molecule has 0 heterocycles. The summed E-state index contributed by atoms with van der Waals surface area (Å²) in [5.41, 5.74) is -0.309. The summed E-state index contributed by atoms with van der Waals surface area (Å²) in [6, 6.07) is 5.60. The van der Waals surface area contributed by atoms with E-state index in [-0.39, 0.29) is 38.2 Å². The van der Waals surface area contributed by atoms with E-state index in [2.05, 4.69) is 4.72 Å². The molecule has 1 fully saturated rings. The summed E-state index contributed by atoms with van der Waals surface area (Å²) in [6.07, 6.45) is 2.42. The monoisotopic (exact) mass is 432 g/mol. The van der Waals surface area contributed by atoms with E-state index in [1.54, 1.807) is 0 Å². The highest BCUT2D eigenvalue weighted by atomic mass is 35.5. The molecule has 27 heavy (non-hydrogen) atoms. The van der Waals surface area contributed by atoms with Crippen molar-refractivity contribution >= 4 is 38.9 Å². The Morgan fingerprint density at radius 2 is 1.81 bits per heavy atom. The number of ether oxygens (including phenoxy) is 1. The molecule has 0 aliphatic heterocycles. The molecule has 8 nitrogen and oxygen atoms in total. The van der Waals surface area contributed by atoms with E-state index in [1.165, 1.54) is 6.07 Å². The number of non-ortho nitro benzene ring substituents is 1. The smallest absolute Gasteiger partial charge is 0.272 e. The number of phenolic OH excluding ortho intramolecular Hbond substituents is 1. The molecule has 0 bridgehead atoms. The first-order valence-electron chi connectivity index (χ1n) is 7.84. The fourth-order valence-electron chi connectivity index (χ4n) is 2.45. The predicted molar refractivity (Wildman–Crippen MR) is 99.3 cm³/mol. The van der Waals surface area contributed by atoms with Crippen LogP contribution in [0.25, 0.3) is 0 Å². The molecule has 2 aromatic rings. The summed E-state index contributed by atoms with van der Waals surface area (Å²) >= 11 is 12.0. The summed E-state index contributed by atoms with van der Waals surface area (Å²) in [7, 11) is -3.94. The van der Waals surface area contributed by atoms with Crippen LogP contribution >= 0.6 is 23.2 Å². The number of phenols is 1. The van der Waals surface area contributed by atoms with Crippen LogP contribution in [0.1, 0.15) is 19.3 Å². The standard InChI is InChI=1S/C16H14Cl2N2O6S/c17-12-6-10(20(22)23)7-13(18)16(12)26-11-4-5-14(21)15(8-11)27(24,25)19-9-2-1-3-9/h4-9,19,21H,1-3H2. The number of sulfonamides is 1. The van der Waals surface area contributed by atoms with Gasteiger partial charge in [0.1, 0.15) is 16.4 Å². The van der Waals surface area contributed by atoms with Crippen LogP contribution in [0.4, 0.5) is 5.69 Å². The van der Waals surface area contributed by atoms with Gasteiger partial charge < -0.3 is 9.84 Å². The minimum Gasteiger partial charge on any atom is -0.507 e. The number of hydrogen-bond acceptors (Lipinski definition) is 6. The maximum Gasteiger partial charge on any atom is 0.272 e. The van der Waals surface area contributed by atoms with E-state index < -0.39 is 20.7 Å². The van der Waals surface area contributed by atoms with Crippen molar-refractivity contribution in [2.24, 2.45) is 0 Å². The fourth-order valence-corrected chi connectivity index (χ4v) is 4.42. The van der Waals surface area contributed by atoms with E-state index in [1.807, 2.05) is 0 Å². The molecule has 11 heteroatoms. The number of nitrogens with zero attached hydrogens (tertiary/aromatic N) is 1. The maximum atomic E-state index is 12.5. The van der Waals surface area contributed by atoms with Crippen molar-refractivity contribution in [1.82, 2.24) is 4.72 Å². The highest BCUT2D eigenvalue weighted by Gasteiger charge is 2.27. The summed E-state index contributed by atoms with van der Waals surface area (Å²) < 4.78 is 33.0. The number of nitro groups is 1. The third-order valence-corrected chi connectivity index (χ3v) is 6.17. The van der Waals surface area contributed by atoms with Gasteiger partial charge in [0, 0.05) is 24.2 Å². The van der Waals surface area contributed by atoms with E-state index in [0.717, 1.165) is 43.5 Å². The molecule has 1 aliphatic rings. The van der Waals surface area contributed by atoms with Crippen molar-refractivity contribution in [3.63, 3.8) is 0 Å². The van der Waals surface area contributed by atoms with Gasteiger partial charge in [0.2, 0.25) is 10.0 Å². The van der Waals surface area contributed by atoms with Gasteiger partial charge in [-0.25, -0.2) is 13.1 Å². The van der Waals surface area contributed by atoms with Crippen molar-refractivity contribution in [2.45, 2.75) is 30.2 Å². The zero-order valence-electron chi connectivity index (χ0n) is 13.7. The van der Waals surface area contributed by atoms with Gasteiger partial charge in [0.15, 0.2) is 5.75 Å². The number of aromatic hydroxyl groups is 1. The Morgan fingerprint density at radius 1 is 1.19 bits per heavy atom. The first-order valence-corrected chi connectivity index (χ1v) is 10.1. The Morgan fingerprint density at radius 3 is 2.33 bits per heavy atom. The highest BCUT2D eigenvalue weighted by Crippen LogP contribution is 2.40. The summed E-state index contributed by atoms with van der Waals surface area (Å²) in [5.74, 6) is -0.459. The largest absolute Gasteiger partial charge is 0.507 e. The number of nitro benzene ring substituents is 1. The lowest BCUT2D eigenvalue weighted by molar-refractivity contribution is -0.384. The Balaban J connectivity index is 1.92. The first-order chi connectivity index (χ1) is 12.7. The SMILES string of the molecule is O=[N+]([O-])c1cc(Cl)c(Oc2ccc(O)c(S(=O)(=O)NC3CCC3)c2)c(Cl)c1. The van der Waals surface area contributed by atoms with Crippen LogP contribution in [-0.4, -0.2) is 24.5 Å². The Hall–Kier alpha value is -2.07. The minimum absolute atomic E-state index is 0.0411. The van der Waals surface area contributed by atoms with Crippen molar-refractivity contribution in [3.05, 3.63) is 50.5 Å². The van der Waals surface area contributed by atoms with Crippen LogP contribution in [0, 0.1) is 10.1 Å². The van der Waals surface area contributed by atoms with Crippen molar-refractivity contribution < 1.29 is 23.2 Å². The summed E-state index contributed by atoms with van der Waals surface area (Å²) in [6.45, 7) is 0. The Kier molecular flexibility index (Phi) is 5.48. The third kappa shape index (κ3) is 4.27. The van der Waals surface area contributed by atoms with Gasteiger partial charge in [-0.15, -0.1) is 0 Å². The molecule has 0 saturated heterocycles. The molecule has 3 rings (SSSR count). The Bertz CT molecular complexity index is 985. The number of hydrogen-bond donors (Lipinski definition) is 2. The second-order valence-electron chi connectivity index (χ2n) is 5.98. The molecule has 0 aromatic heterocycles. The van der Waals surface area contributed by atoms with Gasteiger partial charge in [-0.2, -0.15) is 0 Å². The lowest BCUT2D eigenvalue weighted by Gasteiger charge is -2.26. The van der Waals surface area contributed by atoms with Gasteiger partial charge in [-0.1, -0.05) is 29.6 Å². The van der Waals surface area contributed by atoms with Crippen LogP contribution < -0.4 is 9.46 Å². The lowest BCUT2D eigenvalue weighted by atomic mass is 9.94. The van der Waals surface area contributed by atoms with Gasteiger partial charge in [0.05, 0.1) is 15.0 Å². The molecule has 0 radical (unpaired) electrons. The van der Waals surface area contributed by atoms with Gasteiger partial charge in [-0.3, -0.25) is 10.1 Å². The summed E-state index contributed by atoms with van der Waals surface area (Å²) in [5, 5.41) is 20.6. The molecule has 2 N–H and O–H groups in total. The van der Waals surface area contributed by atoms with E-state index in [4.69, 9.17) is 27.9 Å². The molecule has 1 saturated carbocycles. The average Bonchev–Trinajstić information content (AvgIpc) is 2.55. The molecular weight excluding hydrogens is 419 g/mol. The fraction of sp³-hybridized carbons (Fsp3) is 0.250. The van der Waals surface area contributed by atoms with Crippen LogP contribution in [-0.2, 0) is 10.0 Å². The second kappa shape index (κ2) is 7.51. The zero-order chi connectivity index (χ0) is 19.8. The maximum absolute atomic E-state index is 12.5. The Labute approximate surface area is 164 Å². The first kappa shape index (κ1) is 19.7. The normalized spacial score (nSPS) is 14.6. The van der Waals surface area contributed by atoms with Gasteiger partial charge in [0.25, 0.3) is 5.69 Å². The van der Waals surface area contributed by atoms with Crippen LogP contribution in [0.15, 0.2) is 35.2 Å². The molecule has 0 amide bonds. The number of nitrogens with one attached hydrogen (secondary N) is 1. The van der Waals surface area contributed by atoms with E-state index in [9.17, 15) is 23.6 Å². The number of rotatable bonds is 6. The number of benzene rings is 2. The minimum atomic E-state index is -3.94. The topological polar surface area (TPSA) is 119 Å². The van der Waals surface area contributed by atoms with E-state index in [0.29, 0.717) is 0 Å². The molecule has 0 spiro atoms. The molecule has 0 unspecified atom stereocenters. The van der Waals surface area contributed by atoms with Crippen LogP contribution in [0.5, 0.6) is 17.2 Å². The van der Waals surface area contributed by atoms with Gasteiger partial charge >= 0.3 is 0 Å². The third-order valence-electron chi connectivity index (χ3n) is 4.06. The van der Waals surface area contributed by atoms with Crippen molar-refractivity contribution in [1.29, 1.82) is 0 Å². The molecule has 1 aliphatic carbocycles. The second-order valence-corrected chi connectivity index (χ2v) is 8.47. The predicted octanol–water partition coefficient (Wildman–Crippen LogP) is 4.23. The lowest BCUT2D eigenvalue weighted by Crippen LogP contribution is -2.39. The van der Waals surface area contributed by atoms with Crippen LogP contribution in [0.3, 0.4) is 0 Å². The van der Waals surface area contributed by atoms with E-state index >= 15 is 0 Å². The molecule has 144 valence electrons. The van der Waals surface area contributed by atoms with Crippen molar-refractivity contribution in [2.75, 3.05) is 0 Å². The van der Waals surface area contributed by atoms with Crippen LogP contribution in [0.2, 0.25) is 10.0 Å².